The third-order valence-corrected chi connectivity index (χ3v) is 3.09. The van der Waals surface area contributed by atoms with Crippen LogP contribution in [0.25, 0.3) is 16.7 Å². The fourth-order valence-electron chi connectivity index (χ4n) is 2.16. The van der Waals surface area contributed by atoms with E-state index in [0.717, 1.165) is 11.2 Å². The molecule has 0 saturated carbocycles. The van der Waals surface area contributed by atoms with Crippen molar-refractivity contribution in [3.63, 3.8) is 0 Å². The van der Waals surface area contributed by atoms with E-state index in [1.807, 2.05) is 6.07 Å². The molecule has 0 atom stereocenters. The van der Waals surface area contributed by atoms with Gasteiger partial charge in [-0.15, -0.1) is 0 Å². The van der Waals surface area contributed by atoms with E-state index in [4.69, 9.17) is 16.3 Å². The number of fused-ring (bicyclic) bond motifs is 1. The number of nitrogens with two attached hydrogens (primary N) is 1. The number of imidazole rings is 1. The number of aromatic nitrogens is 2. The summed E-state index contributed by atoms with van der Waals surface area (Å²) in [5.74, 6) is 0.312. The van der Waals surface area contributed by atoms with Crippen molar-refractivity contribution in [2.75, 3.05) is 5.73 Å². The van der Waals surface area contributed by atoms with Gasteiger partial charge in [-0.2, -0.15) is 10.5 Å². The molecule has 0 radical (unpaired) electrons. The van der Waals surface area contributed by atoms with Gasteiger partial charge in [0.2, 0.25) is 5.95 Å². The van der Waals surface area contributed by atoms with Gasteiger partial charge in [0.25, 0.3) is 0 Å². The first-order chi connectivity index (χ1) is 9.74. The Morgan fingerprint density at radius 1 is 1.00 bits per heavy atom. The van der Waals surface area contributed by atoms with Gasteiger partial charge in [-0.25, -0.2) is 4.98 Å². The van der Waals surface area contributed by atoms with E-state index in [9.17, 15) is 0 Å². The minimum absolute atomic E-state index is 0.312. The maximum absolute atomic E-state index is 9.10. The van der Waals surface area contributed by atoms with Crippen LogP contribution >= 0.6 is 0 Å². The second-order valence-corrected chi connectivity index (χ2v) is 4.25. The van der Waals surface area contributed by atoms with Crippen LogP contribution in [-0.2, 0) is 0 Å². The Hall–Kier alpha value is -3.31. The van der Waals surface area contributed by atoms with Crippen molar-refractivity contribution in [2.45, 2.75) is 0 Å². The number of hydrogen-bond acceptors (Lipinski definition) is 4. The van der Waals surface area contributed by atoms with E-state index in [1.165, 1.54) is 0 Å². The molecule has 2 N–H and O–H groups in total. The third kappa shape index (κ3) is 1.66. The SMILES string of the molecule is N#Cc1ccc(-n2c(N)nc3c(C#N)cccc32)cc1. The first kappa shape index (κ1) is 11.8. The van der Waals surface area contributed by atoms with Gasteiger partial charge < -0.3 is 5.73 Å². The van der Waals surface area contributed by atoms with Crippen LogP contribution in [0.3, 0.4) is 0 Å². The fraction of sp³-hybridized carbons (Fsp3) is 0. The lowest BCUT2D eigenvalue weighted by atomic mass is 10.2. The highest BCUT2D eigenvalue weighted by Gasteiger charge is 2.12. The molecule has 5 heteroatoms. The predicted octanol–water partition coefficient (Wildman–Crippen LogP) is 2.35. The second kappa shape index (κ2) is 4.42. The molecule has 3 rings (SSSR count). The second-order valence-electron chi connectivity index (χ2n) is 4.25. The van der Waals surface area contributed by atoms with Crippen LogP contribution in [0.5, 0.6) is 0 Å². The molecule has 0 bridgehead atoms. The van der Waals surface area contributed by atoms with Crippen molar-refractivity contribution >= 4 is 17.0 Å². The molecule has 0 aliphatic heterocycles. The molecule has 0 amide bonds. The van der Waals surface area contributed by atoms with Gasteiger partial charge in [0, 0.05) is 5.69 Å². The summed E-state index contributed by atoms with van der Waals surface area (Å²) in [6.07, 6.45) is 0. The maximum Gasteiger partial charge on any atom is 0.205 e. The molecule has 1 heterocycles. The summed E-state index contributed by atoms with van der Waals surface area (Å²) < 4.78 is 1.76. The van der Waals surface area contributed by atoms with Gasteiger partial charge in [0.15, 0.2) is 0 Å². The number of anilines is 1. The molecule has 3 aromatic rings. The summed E-state index contributed by atoms with van der Waals surface area (Å²) in [5.41, 5.74) is 9.18. The monoisotopic (exact) mass is 259 g/mol. The number of hydrogen-bond donors (Lipinski definition) is 1. The smallest absolute Gasteiger partial charge is 0.205 e. The van der Waals surface area contributed by atoms with Crippen molar-refractivity contribution in [1.29, 1.82) is 10.5 Å². The molecule has 5 nitrogen and oxygen atoms in total. The molecular weight excluding hydrogens is 250 g/mol. The Balaban J connectivity index is 2.29. The number of benzene rings is 2. The van der Waals surface area contributed by atoms with Crippen LogP contribution in [0.1, 0.15) is 11.1 Å². The van der Waals surface area contributed by atoms with Crippen LogP contribution < -0.4 is 5.73 Å². The Morgan fingerprint density at radius 3 is 2.40 bits per heavy atom. The topological polar surface area (TPSA) is 91.4 Å². The van der Waals surface area contributed by atoms with Crippen molar-refractivity contribution in [3.8, 4) is 17.8 Å². The van der Waals surface area contributed by atoms with E-state index in [1.54, 1.807) is 41.0 Å². The lowest BCUT2D eigenvalue weighted by molar-refractivity contribution is 1.11. The van der Waals surface area contributed by atoms with Crippen LogP contribution in [0, 0.1) is 22.7 Å². The Morgan fingerprint density at radius 2 is 1.75 bits per heavy atom. The molecule has 0 spiro atoms. The molecule has 1 aromatic heterocycles. The van der Waals surface area contributed by atoms with Gasteiger partial charge in [-0.3, -0.25) is 4.57 Å². The van der Waals surface area contributed by atoms with Gasteiger partial charge in [-0.1, -0.05) is 6.07 Å². The zero-order chi connectivity index (χ0) is 14.1. The molecular formula is C15H9N5. The summed E-state index contributed by atoms with van der Waals surface area (Å²) in [6, 6.07) is 16.6. The first-order valence-corrected chi connectivity index (χ1v) is 5.92. The number of nitrogen functional groups attached to an aromatic ring is 1. The van der Waals surface area contributed by atoms with Crippen LogP contribution in [0.4, 0.5) is 5.95 Å². The Bertz CT molecular complexity index is 875. The largest absolute Gasteiger partial charge is 0.369 e. The molecule has 0 unspecified atom stereocenters. The molecule has 0 aliphatic carbocycles. The number of rotatable bonds is 1. The Kier molecular flexibility index (Phi) is 2.60. The van der Waals surface area contributed by atoms with Crippen LogP contribution in [0.2, 0.25) is 0 Å². The normalized spacial score (nSPS) is 10.1. The number of nitrogens with zero attached hydrogens (tertiary/aromatic N) is 4. The maximum atomic E-state index is 9.10. The van der Waals surface area contributed by atoms with Gasteiger partial charge in [-0.05, 0) is 36.4 Å². The van der Waals surface area contributed by atoms with Crippen molar-refractivity contribution in [3.05, 3.63) is 53.6 Å². The lowest BCUT2D eigenvalue weighted by Crippen LogP contribution is -2.00. The molecule has 0 fully saturated rings. The van der Waals surface area contributed by atoms with Crippen molar-refractivity contribution in [2.24, 2.45) is 0 Å². The average molecular weight is 259 g/mol. The highest BCUT2D eigenvalue weighted by atomic mass is 15.2. The molecule has 0 saturated heterocycles. The first-order valence-electron chi connectivity index (χ1n) is 5.92. The zero-order valence-corrected chi connectivity index (χ0v) is 10.4. The summed E-state index contributed by atoms with van der Waals surface area (Å²) >= 11 is 0. The highest BCUT2D eigenvalue weighted by Crippen LogP contribution is 2.25. The Labute approximate surface area is 115 Å². The fourth-order valence-corrected chi connectivity index (χ4v) is 2.16. The van der Waals surface area contributed by atoms with Gasteiger partial charge >= 0.3 is 0 Å². The van der Waals surface area contributed by atoms with Crippen LogP contribution in [0.15, 0.2) is 42.5 Å². The summed E-state index contributed by atoms with van der Waals surface area (Å²) in [6.45, 7) is 0. The highest BCUT2D eigenvalue weighted by molar-refractivity contribution is 5.85. The molecule has 20 heavy (non-hydrogen) atoms. The van der Waals surface area contributed by atoms with E-state index in [0.29, 0.717) is 22.6 Å². The van der Waals surface area contributed by atoms with E-state index >= 15 is 0 Å². The van der Waals surface area contributed by atoms with E-state index in [2.05, 4.69) is 17.1 Å². The van der Waals surface area contributed by atoms with Gasteiger partial charge in [0.1, 0.15) is 11.6 Å². The average Bonchev–Trinajstić information content (AvgIpc) is 2.83. The minimum Gasteiger partial charge on any atom is -0.369 e. The minimum atomic E-state index is 0.312. The summed E-state index contributed by atoms with van der Waals surface area (Å²) in [5, 5.41) is 17.9. The van der Waals surface area contributed by atoms with E-state index in [-0.39, 0.29) is 0 Å². The van der Waals surface area contributed by atoms with Gasteiger partial charge in [0.05, 0.1) is 22.7 Å². The standard InChI is InChI=1S/C15H9N5/c16-8-10-4-6-12(7-5-10)20-13-3-1-2-11(9-17)14(13)19-15(20)18/h1-7H,(H2,18,19). The lowest BCUT2D eigenvalue weighted by Gasteiger charge is -2.06. The molecule has 0 aliphatic rings. The van der Waals surface area contributed by atoms with Crippen LogP contribution in [-0.4, -0.2) is 9.55 Å². The van der Waals surface area contributed by atoms with Crippen molar-refractivity contribution in [1.82, 2.24) is 9.55 Å². The molecule has 2 aromatic carbocycles. The van der Waals surface area contributed by atoms with Crippen molar-refractivity contribution < 1.29 is 0 Å². The predicted molar refractivity (Wildman–Crippen MR) is 74.9 cm³/mol. The third-order valence-electron chi connectivity index (χ3n) is 3.09. The number of nitriles is 2. The summed E-state index contributed by atoms with van der Waals surface area (Å²) in [7, 11) is 0. The number of para-hydroxylation sites is 1. The zero-order valence-electron chi connectivity index (χ0n) is 10.4. The quantitative estimate of drug-likeness (QED) is 0.726. The molecule has 94 valence electrons. The summed E-state index contributed by atoms with van der Waals surface area (Å²) in [4.78, 5) is 4.26. The van der Waals surface area contributed by atoms with E-state index < -0.39 is 0 Å².